The third-order valence-corrected chi connectivity index (χ3v) is 5.60. The van der Waals surface area contributed by atoms with Gasteiger partial charge >= 0.3 is 0 Å². The molecule has 1 aromatic rings. The Balaban J connectivity index is 2.02. The third kappa shape index (κ3) is 5.06. The standard InChI is InChI=1S/C19H30N4O2S/c1-6-14(2)11-21-19-17(7-9-20-19)15(3)23-10-8-16(12-23)22(4)18(24)13-26(5)25/h7,9,11,14,16,20H,3,6,8,10,12-13H2,1-2,4-5H3. The number of aromatic amines is 1. The molecule has 1 aliphatic heterocycles. The van der Waals surface area contributed by atoms with Gasteiger partial charge in [0, 0.05) is 60.9 Å². The van der Waals surface area contributed by atoms with Crippen LogP contribution in [0.2, 0.25) is 0 Å². The highest BCUT2D eigenvalue weighted by molar-refractivity contribution is 7.85. The van der Waals surface area contributed by atoms with Gasteiger partial charge in [-0.05, 0) is 24.8 Å². The molecule has 0 spiro atoms. The Bertz CT molecular complexity index is 697. The van der Waals surface area contributed by atoms with E-state index >= 15 is 0 Å². The average Bonchev–Trinajstić information content (AvgIpc) is 3.27. The van der Waals surface area contributed by atoms with Crippen LogP contribution in [0.5, 0.6) is 0 Å². The second-order valence-electron chi connectivity index (χ2n) is 6.96. The number of aromatic nitrogens is 1. The van der Waals surface area contributed by atoms with Gasteiger partial charge in [0.05, 0.1) is 6.04 Å². The van der Waals surface area contributed by atoms with E-state index in [1.807, 2.05) is 18.5 Å². The van der Waals surface area contributed by atoms with Gasteiger partial charge in [-0.15, -0.1) is 0 Å². The Labute approximate surface area is 158 Å². The number of rotatable bonds is 8. The largest absolute Gasteiger partial charge is 0.369 e. The zero-order chi connectivity index (χ0) is 19.3. The van der Waals surface area contributed by atoms with Gasteiger partial charge < -0.3 is 14.8 Å². The molecule has 3 unspecified atom stereocenters. The molecule has 0 bridgehead atoms. The molecule has 0 aliphatic carbocycles. The molecule has 1 aliphatic rings. The van der Waals surface area contributed by atoms with Gasteiger partial charge in [0.2, 0.25) is 5.91 Å². The SMILES string of the molecule is C=C(c1cc[nH]c1N=CC(C)CC)N1CCC(N(C)C(=O)CS(C)=O)C1. The summed E-state index contributed by atoms with van der Waals surface area (Å²) in [4.78, 5) is 23.8. The van der Waals surface area contributed by atoms with Crippen molar-refractivity contribution < 1.29 is 9.00 Å². The fourth-order valence-electron chi connectivity index (χ4n) is 2.96. The van der Waals surface area contributed by atoms with Crippen molar-refractivity contribution in [2.24, 2.45) is 10.9 Å². The number of hydrogen-bond acceptors (Lipinski definition) is 4. The predicted molar refractivity (Wildman–Crippen MR) is 109 cm³/mol. The average molecular weight is 379 g/mol. The summed E-state index contributed by atoms with van der Waals surface area (Å²) in [6, 6.07) is 2.11. The molecule has 6 nitrogen and oxygen atoms in total. The van der Waals surface area contributed by atoms with Gasteiger partial charge in [-0.25, -0.2) is 4.99 Å². The zero-order valence-electron chi connectivity index (χ0n) is 16.2. The van der Waals surface area contributed by atoms with Gasteiger partial charge in [-0.1, -0.05) is 20.4 Å². The number of likely N-dealkylation sites (tertiary alicyclic amines) is 1. The van der Waals surface area contributed by atoms with Crippen molar-refractivity contribution >= 4 is 34.4 Å². The normalized spacial score (nSPS) is 19.7. The second-order valence-corrected chi connectivity index (χ2v) is 8.40. The summed E-state index contributed by atoms with van der Waals surface area (Å²) in [5.74, 6) is 1.27. The summed E-state index contributed by atoms with van der Waals surface area (Å²) in [5.41, 5.74) is 1.92. The van der Waals surface area contributed by atoms with Crippen molar-refractivity contribution in [1.29, 1.82) is 0 Å². The molecular weight excluding hydrogens is 348 g/mol. The first kappa shape index (κ1) is 20.4. The lowest BCUT2D eigenvalue weighted by Crippen LogP contribution is -2.40. The first-order valence-corrected chi connectivity index (χ1v) is 10.8. The molecule has 26 heavy (non-hydrogen) atoms. The van der Waals surface area contributed by atoms with E-state index in [1.165, 1.54) is 0 Å². The molecule has 2 heterocycles. The highest BCUT2D eigenvalue weighted by Gasteiger charge is 2.30. The Morgan fingerprint density at radius 1 is 1.62 bits per heavy atom. The molecule has 3 atom stereocenters. The smallest absolute Gasteiger partial charge is 0.235 e. The monoisotopic (exact) mass is 378 g/mol. The van der Waals surface area contributed by atoms with Gasteiger partial charge in [0.1, 0.15) is 11.6 Å². The maximum atomic E-state index is 12.1. The zero-order valence-corrected chi connectivity index (χ0v) is 17.0. The van der Waals surface area contributed by atoms with Crippen LogP contribution in [0.25, 0.3) is 5.70 Å². The number of nitrogens with zero attached hydrogens (tertiary/aromatic N) is 3. The summed E-state index contributed by atoms with van der Waals surface area (Å²) in [6.07, 6.45) is 7.34. The molecule has 0 radical (unpaired) electrons. The lowest BCUT2D eigenvalue weighted by Gasteiger charge is -2.26. The molecule has 144 valence electrons. The van der Waals surface area contributed by atoms with Crippen molar-refractivity contribution in [2.75, 3.05) is 32.1 Å². The number of H-pyrrole nitrogens is 1. The van der Waals surface area contributed by atoms with Gasteiger partial charge in [0.15, 0.2) is 0 Å². The van der Waals surface area contributed by atoms with Crippen LogP contribution in [0.3, 0.4) is 0 Å². The van der Waals surface area contributed by atoms with E-state index in [0.717, 1.165) is 43.0 Å². The minimum Gasteiger partial charge on any atom is -0.369 e. The number of aliphatic imine (C=N–C) groups is 1. The third-order valence-electron chi connectivity index (χ3n) is 4.95. The van der Waals surface area contributed by atoms with E-state index in [9.17, 15) is 9.00 Å². The van der Waals surface area contributed by atoms with E-state index in [4.69, 9.17) is 0 Å². The van der Waals surface area contributed by atoms with Crippen molar-refractivity contribution in [1.82, 2.24) is 14.8 Å². The van der Waals surface area contributed by atoms with E-state index in [1.54, 1.807) is 18.2 Å². The Morgan fingerprint density at radius 3 is 3.00 bits per heavy atom. The van der Waals surface area contributed by atoms with Crippen LogP contribution in [0.15, 0.2) is 23.8 Å². The molecule has 0 saturated carbocycles. The quantitative estimate of drug-likeness (QED) is 0.707. The summed E-state index contributed by atoms with van der Waals surface area (Å²) < 4.78 is 11.3. The molecule has 1 amide bonds. The summed E-state index contributed by atoms with van der Waals surface area (Å²) in [5, 5.41) is 0. The summed E-state index contributed by atoms with van der Waals surface area (Å²) in [6.45, 7) is 10.1. The van der Waals surface area contributed by atoms with Crippen LogP contribution in [0.1, 0.15) is 32.3 Å². The first-order valence-electron chi connectivity index (χ1n) is 9.04. The van der Waals surface area contributed by atoms with E-state index < -0.39 is 10.8 Å². The fraction of sp³-hybridized carbons (Fsp3) is 0.579. The number of hydrogen-bond donors (Lipinski definition) is 1. The molecule has 1 fully saturated rings. The lowest BCUT2D eigenvalue weighted by atomic mass is 10.1. The van der Waals surface area contributed by atoms with Crippen LogP contribution < -0.4 is 0 Å². The lowest BCUT2D eigenvalue weighted by molar-refractivity contribution is -0.128. The van der Waals surface area contributed by atoms with Crippen LogP contribution >= 0.6 is 0 Å². The van der Waals surface area contributed by atoms with Crippen LogP contribution in [0.4, 0.5) is 5.82 Å². The molecule has 0 aromatic carbocycles. The topological polar surface area (TPSA) is 68.8 Å². The van der Waals surface area contributed by atoms with Gasteiger partial charge in [0.25, 0.3) is 0 Å². The minimum atomic E-state index is -1.11. The highest BCUT2D eigenvalue weighted by atomic mass is 32.2. The van der Waals surface area contributed by atoms with E-state index in [0.29, 0.717) is 5.92 Å². The molecule has 1 aromatic heterocycles. The molecule has 7 heteroatoms. The van der Waals surface area contributed by atoms with E-state index in [-0.39, 0.29) is 17.7 Å². The minimum absolute atomic E-state index is 0.0659. The number of carbonyl (C=O) groups is 1. The number of amides is 1. The number of carbonyl (C=O) groups excluding carboxylic acids is 1. The van der Waals surface area contributed by atoms with E-state index in [2.05, 4.69) is 35.3 Å². The van der Waals surface area contributed by atoms with Crippen LogP contribution in [-0.2, 0) is 15.6 Å². The summed E-state index contributed by atoms with van der Waals surface area (Å²) >= 11 is 0. The predicted octanol–water partition coefficient (Wildman–Crippen LogP) is 2.65. The summed E-state index contributed by atoms with van der Waals surface area (Å²) in [7, 11) is 0.685. The van der Waals surface area contributed by atoms with Crippen molar-refractivity contribution in [3.05, 3.63) is 24.4 Å². The fourth-order valence-corrected chi connectivity index (χ4v) is 3.51. The Kier molecular flexibility index (Phi) is 7.20. The van der Waals surface area contributed by atoms with Crippen LogP contribution in [0, 0.1) is 5.92 Å². The number of nitrogens with one attached hydrogen (secondary N) is 1. The number of likely N-dealkylation sites (N-methyl/N-ethyl adjacent to an activating group) is 1. The van der Waals surface area contributed by atoms with Crippen molar-refractivity contribution in [3.63, 3.8) is 0 Å². The van der Waals surface area contributed by atoms with Crippen molar-refractivity contribution in [2.45, 2.75) is 32.7 Å². The van der Waals surface area contributed by atoms with Gasteiger partial charge in [-0.2, -0.15) is 0 Å². The maximum Gasteiger partial charge on any atom is 0.235 e. The van der Waals surface area contributed by atoms with Gasteiger partial charge in [-0.3, -0.25) is 9.00 Å². The van der Waals surface area contributed by atoms with Crippen molar-refractivity contribution in [3.8, 4) is 0 Å². The first-order chi connectivity index (χ1) is 12.3. The molecule has 2 rings (SSSR count). The molecule has 1 N–H and O–H groups in total. The Hall–Kier alpha value is -1.89. The molecular formula is C19H30N4O2S. The molecule has 1 saturated heterocycles. The second kappa shape index (κ2) is 9.16. The van der Waals surface area contributed by atoms with Crippen LogP contribution in [-0.4, -0.2) is 69.3 Å². The maximum absolute atomic E-state index is 12.1. The highest BCUT2D eigenvalue weighted by Crippen LogP contribution is 2.30. The Morgan fingerprint density at radius 2 is 2.35 bits per heavy atom.